The third-order valence-corrected chi connectivity index (χ3v) is 2.45. The molecule has 2 N–H and O–H groups in total. The van der Waals surface area contributed by atoms with Crippen molar-refractivity contribution in [1.29, 1.82) is 0 Å². The van der Waals surface area contributed by atoms with Crippen LogP contribution in [0.25, 0.3) is 0 Å². The fraction of sp³-hybridized carbons (Fsp3) is 0.231. The molecule has 0 atom stereocenters. The van der Waals surface area contributed by atoms with Crippen LogP contribution in [0.4, 0.5) is 5.95 Å². The van der Waals surface area contributed by atoms with E-state index in [0.29, 0.717) is 12.3 Å². The molecule has 0 unspecified atom stereocenters. The molecule has 0 radical (unpaired) electrons. The molecule has 0 fully saturated rings. The molecule has 0 aliphatic heterocycles. The zero-order valence-corrected chi connectivity index (χ0v) is 11.3. The molecule has 20 heavy (non-hydrogen) atoms. The molecule has 1 aromatic carbocycles. The van der Waals surface area contributed by atoms with Gasteiger partial charge in [0.2, 0.25) is 5.95 Å². The number of hydrogen-bond donors (Lipinski definition) is 2. The third-order valence-electron chi connectivity index (χ3n) is 2.45. The van der Waals surface area contributed by atoms with Crippen molar-refractivity contribution in [3.8, 4) is 5.75 Å². The molecule has 1 heterocycles. The van der Waals surface area contributed by atoms with Gasteiger partial charge >= 0.3 is 0 Å². The Morgan fingerprint density at radius 3 is 2.95 bits per heavy atom. The normalized spacial score (nSPS) is 10.7. The first kappa shape index (κ1) is 13.7. The molecule has 1 aromatic heterocycles. The van der Waals surface area contributed by atoms with Crippen molar-refractivity contribution in [3.63, 3.8) is 0 Å². The third kappa shape index (κ3) is 3.41. The standard InChI is InChI=1S/C13H15N5O2/c1-3-20-11-7-5-4-6-10(11)8-14-17-13-15-12(19)9(2)16-18-13/h4-8H,3H2,1-2H3,(H2,15,17,18,19)/b14-8+. The summed E-state index contributed by atoms with van der Waals surface area (Å²) >= 11 is 0. The Balaban J connectivity index is 2.10. The van der Waals surface area contributed by atoms with Crippen LogP contribution in [0, 0.1) is 6.92 Å². The Morgan fingerprint density at radius 2 is 2.20 bits per heavy atom. The minimum atomic E-state index is -0.299. The van der Waals surface area contributed by atoms with E-state index in [2.05, 4.69) is 25.7 Å². The smallest absolute Gasteiger partial charge is 0.274 e. The molecule has 0 saturated heterocycles. The number of hydrazone groups is 1. The minimum absolute atomic E-state index is 0.186. The van der Waals surface area contributed by atoms with Crippen molar-refractivity contribution < 1.29 is 4.74 Å². The SMILES string of the molecule is CCOc1ccccc1/C=N/Nc1nnc(C)c(=O)[nH]1. The van der Waals surface area contributed by atoms with Crippen LogP contribution >= 0.6 is 0 Å². The lowest BCUT2D eigenvalue weighted by Gasteiger charge is -2.05. The highest BCUT2D eigenvalue weighted by atomic mass is 16.5. The Morgan fingerprint density at radius 1 is 1.40 bits per heavy atom. The Kier molecular flexibility index (Phi) is 4.43. The molecule has 0 aliphatic carbocycles. The van der Waals surface area contributed by atoms with Crippen LogP contribution in [-0.4, -0.2) is 28.0 Å². The average Bonchev–Trinajstić information content (AvgIpc) is 2.45. The zero-order valence-electron chi connectivity index (χ0n) is 11.3. The van der Waals surface area contributed by atoms with E-state index in [1.165, 1.54) is 0 Å². The number of hydrogen-bond acceptors (Lipinski definition) is 6. The number of nitrogens with one attached hydrogen (secondary N) is 2. The number of aromatic nitrogens is 3. The van der Waals surface area contributed by atoms with E-state index < -0.39 is 0 Å². The molecule has 104 valence electrons. The van der Waals surface area contributed by atoms with E-state index in [4.69, 9.17) is 4.74 Å². The van der Waals surface area contributed by atoms with E-state index >= 15 is 0 Å². The second-order valence-electron chi connectivity index (χ2n) is 3.93. The van der Waals surface area contributed by atoms with Gasteiger partial charge in [-0.15, -0.1) is 10.2 Å². The number of benzene rings is 1. The number of H-pyrrole nitrogens is 1. The molecule has 7 nitrogen and oxygen atoms in total. The van der Waals surface area contributed by atoms with Crippen molar-refractivity contribution >= 4 is 12.2 Å². The molecule has 2 aromatic rings. The Labute approximate surface area is 115 Å². The van der Waals surface area contributed by atoms with Gasteiger partial charge in [0.05, 0.1) is 12.8 Å². The van der Waals surface area contributed by atoms with Gasteiger partial charge in [0, 0.05) is 5.56 Å². The maximum Gasteiger partial charge on any atom is 0.274 e. The van der Waals surface area contributed by atoms with Gasteiger partial charge in [0.15, 0.2) is 0 Å². The molecule has 2 rings (SSSR count). The van der Waals surface area contributed by atoms with Gasteiger partial charge in [-0.2, -0.15) is 5.10 Å². The second kappa shape index (κ2) is 6.46. The van der Waals surface area contributed by atoms with Gasteiger partial charge in [-0.05, 0) is 26.0 Å². The lowest BCUT2D eigenvalue weighted by molar-refractivity contribution is 0.340. The molecule has 0 spiro atoms. The van der Waals surface area contributed by atoms with E-state index in [1.54, 1.807) is 13.1 Å². The van der Waals surface area contributed by atoms with Gasteiger partial charge in [0.25, 0.3) is 5.56 Å². The number of aryl methyl sites for hydroxylation is 1. The highest BCUT2D eigenvalue weighted by Gasteiger charge is 2.00. The second-order valence-corrected chi connectivity index (χ2v) is 3.93. The fourth-order valence-corrected chi connectivity index (χ4v) is 1.48. The van der Waals surface area contributed by atoms with Crippen molar-refractivity contribution in [3.05, 3.63) is 45.9 Å². The molecule has 0 aliphatic rings. The number of rotatable bonds is 5. The largest absolute Gasteiger partial charge is 0.493 e. The molecule has 0 amide bonds. The topological polar surface area (TPSA) is 92.3 Å². The Bertz CT molecular complexity index is 666. The highest BCUT2D eigenvalue weighted by Crippen LogP contribution is 2.15. The number of anilines is 1. The van der Waals surface area contributed by atoms with Crippen LogP contribution in [0.5, 0.6) is 5.75 Å². The molecular weight excluding hydrogens is 258 g/mol. The summed E-state index contributed by atoms with van der Waals surface area (Å²) in [7, 11) is 0. The van der Waals surface area contributed by atoms with Crippen molar-refractivity contribution in [2.75, 3.05) is 12.0 Å². The van der Waals surface area contributed by atoms with Crippen LogP contribution in [0.1, 0.15) is 18.2 Å². The molecule has 0 bridgehead atoms. The summed E-state index contributed by atoms with van der Waals surface area (Å²) in [5.41, 5.74) is 3.45. The summed E-state index contributed by atoms with van der Waals surface area (Å²) in [6.45, 7) is 4.07. The first-order chi connectivity index (χ1) is 9.70. The van der Waals surface area contributed by atoms with Crippen LogP contribution < -0.4 is 15.7 Å². The average molecular weight is 273 g/mol. The molecule has 7 heteroatoms. The summed E-state index contributed by atoms with van der Waals surface area (Å²) in [4.78, 5) is 13.9. The van der Waals surface area contributed by atoms with Crippen molar-refractivity contribution in [1.82, 2.24) is 15.2 Å². The molecule has 0 saturated carbocycles. The van der Waals surface area contributed by atoms with Crippen molar-refractivity contribution in [2.24, 2.45) is 5.10 Å². The van der Waals surface area contributed by atoms with E-state index in [9.17, 15) is 4.79 Å². The van der Waals surface area contributed by atoms with E-state index in [-0.39, 0.29) is 11.5 Å². The number of para-hydroxylation sites is 1. The van der Waals surface area contributed by atoms with E-state index in [0.717, 1.165) is 11.3 Å². The van der Waals surface area contributed by atoms with E-state index in [1.807, 2.05) is 31.2 Å². The first-order valence-electron chi connectivity index (χ1n) is 6.15. The fourth-order valence-electron chi connectivity index (χ4n) is 1.48. The maximum absolute atomic E-state index is 11.3. The Hall–Kier alpha value is -2.70. The summed E-state index contributed by atoms with van der Waals surface area (Å²) in [5.74, 6) is 0.926. The van der Waals surface area contributed by atoms with Gasteiger partial charge < -0.3 is 4.74 Å². The van der Waals surface area contributed by atoms with Crippen LogP contribution in [-0.2, 0) is 0 Å². The van der Waals surface area contributed by atoms with Gasteiger partial charge in [-0.25, -0.2) is 5.43 Å². The first-order valence-corrected chi connectivity index (χ1v) is 6.15. The predicted octanol–water partition coefficient (Wildman–Crippen LogP) is 1.32. The highest BCUT2D eigenvalue weighted by molar-refractivity contribution is 5.83. The predicted molar refractivity (Wildman–Crippen MR) is 76.2 cm³/mol. The van der Waals surface area contributed by atoms with Gasteiger partial charge in [-0.3, -0.25) is 9.78 Å². The monoisotopic (exact) mass is 273 g/mol. The zero-order chi connectivity index (χ0) is 14.4. The summed E-state index contributed by atoms with van der Waals surface area (Å²) < 4.78 is 5.47. The number of ether oxygens (including phenoxy) is 1. The number of nitrogens with zero attached hydrogens (tertiary/aromatic N) is 3. The minimum Gasteiger partial charge on any atom is -0.493 e. The van der Waals surface area contributed by atoms with Crippen LogP contribution in [0.15, 0.2) is 34.2 Å². The quantitative estimate of drug-likeness (QED) is 0.633. The molecular formula is C13H15N5O2. The number of aromatic amines is 1. The maximum atomic E-state index is 11.3. The summed E-state index contributed by atoms with van der Waals surface area (Å²) in [6, 6.07) is 7.51. The van der Waals surface area contributed by atoms with Crippen LogP contribution in [0.2, 0.25) is 0 Å². The lowest BCUT2D eigenvalue weighted by atomic mass is 10.2. The van der Waals surface area contributed by atoms with Crippen molar-refractivity contribution in [2.45, 2.75) is 13.8 Å². The van der Waals surface area contributed by atoms with Crippen LogP contribution in [0.3, 0.4) is 0 Å². The summed E-state index contributed by atoms with van der Waals surface area (Å²) in [6.07, 6.45) is 1.59. The van der Waals surface area contributed by atoms with Gasteiger partial charge in [-0.1, -0.05) is 12.1 Å². The van der Waals surface area contributed by atoms with Gasteiger partial charge in [0.1, 0.15) is 11.4 Å². The lowest BCUT2D eigenvalue weighted by Crippen LogP contribution is -2.15. The summed E-state index contributed by atoms with van der Waals surface area (Å²) in [5, 5.41) is 11.5.